The van der Waals surface area contributed by atoms with Crippen molar-refractivity contribution in [2.24, 2.45) is 5.92 Å². The van der Waals surface area contributed by atoms with Crippen molar-refractivity contribution in [3.63, 3.8) is 0 Å². The first-order valence-corrected chi connectivity index (χ1v) is 8.60. The zero-order chi connectivity index (χ0) is 18.3. The third-order valence-electron chi connectivity index (χ3n) is 4.53. The molecule has 0 aromatic heterocycles. The fourth-order valence-electron chi connectivity index (χ4n) is 2.44. The van der Waals surface area contributed by atoms with Gasteiger partial charge in [0.05, 0.1) is 5.60 Å². The van der Waals surface area contributed by atoms with Crippen molar-refractivity contribution in [1.29, 1.82) is 0 Å². The highest BCUT2D eigenvalue weighted by atomic mass is 16.3. The zero-order valence-electron chi connectivity index (χ0n) is 15.3. The summed E-state index contributed by atoms with van der Waals surface area (Å²) in [5, 5.41) is 15.9. The number of rotatable bonds is 8. The Kier molecular flexibility index (Phi) is 7.42. The predicted molar refractivity (Wildman–Crippen MR) is 95.8 cm³/mol. The average Bonchev–Trinajstić information content (AvgIpc) is 2.57. The summed E-state index contributed by atoms with van der Waals surface area (Å²) in [6.07, 6.45) is 1.12. The van der Waals surface area contributed by atoms with Gasteiger partial charge < -0.3 is 15.7 Å². The number of hydrogen-bond donors (Lipinski definition) is 3. The van der Waals surface area contributed by atoms with Crippen LogP contribution >= 0.6 is 0 Å². The van der Waals surface area contributed by atoms with Crippen LogP contribution in [0.15, 0.2) is 24.3 Å². The summed E-state index contributed by atoms with van der Waals surface area (Å²) in [7, 11) is 0. The van der Waals surface area contributed by atoms with Gasteiger partial charge in [0.1, 0.15) is 6.04 Å². The summed E-state index contributed by atoms with van der Waals surface area (Å²) in [5.74, 6) is -0.593. The Morgan fingerprint density at radius 2 is 1.75 bits per heavy atom. The molecule has 1 aromatic carbocycles. The summed E-state index contributed by atoms with van der Waals surface area (Å²) in [5.41, 5.74) is 0.524. The van der Waals surface area contributed by atoms with Crippen LogP contribution in [0.25, 0.3) is 0 Å². The first kappa shape index (κ1) is 20.2. The highest BCUT2D eigenvalue weighted by molar-refractivity contribution is 5.98. The van der Waals surface area contributed by atoms with Gasteiger partial charge in [-0.2, -0.15) is 0 Å². The SMILES string of the molecule is CCC(O)(CC)CNC(=O)C(NC(=O)c1ccccc1C)C(C)C. The predicted octanol–water partition coefficient (Wildman–Crippen LogP) is 2.42. The summed E-state index contributed by atoms with van der Waals surface area (Å²) in [6.45, 7) is 9.58. The molecule has 1 atom stereocenters. The van der Waals surface area contributed by atoms with Crippen LogP contribution < -0.4 is 10.6 Å². The molecule has 0 aliphatic rings. The summed E-state index contributed by atoms with van der Waals surface area (Å²) < 4.78 is 0. The molecule has 0 spiro atoms. The lowest BCUT2D eigenvalue weighted by Crippen LogP contribution is -2.53. The molecule has 134 valence electrons. The minimum absolute atomic E-state index is 0.0608. The van der Waals surface area contributed by atoms with Crippen LogP contribution in [0, 0.1) is 12.8 Å². The Labute approximate surface area is 144 Å². The first-order valence-electron chi connectivity index (χ1n) is 8.60. The van der Waals surface area contributed by atoms with Gasteiger partial charge in [0.25, 0.3) is 5.91 Å². The van der Waals surface area contributed by atoms with Gasteiger partial charge in [-0.25, -0.2) is 0 Å². The second kappa shape index (κ2) is 8.83. The van der Waals surface area contributed by atoms with Crippen LogP contribution in [-0.2, 0) is 4.79 Å². The molecule has 1 rings (SSSR count). The van der Waals surface area contributed by atoms with Gasteiger partial charge >= 0.3 is 0 Å². The Balaban J connectivity index is 2.78. The summed E-state index contributed by atoms with van der Waals surface area (Å²) in [4.78, 5) is 24.9. The van der Waals surface area contributed by atoms with E-state index in [0.29, 0.717) is 18.4 Å². The molecule has 5 nitrogen and oxygen atoms in total. The molecular formula is C19H30N2O3. The standard InChI is InChI=1S/C19H30N2O3/c1-6-19(24,7-2)12-20-18(23)16(13(3)4)21-17(22)15-11-9-8-10-14(15)5/h8-11,13,16,24H,6-7,12H2,1-5H3,(H,20,23)(H,21,22). The molecule has 0 bridgehead atoms. The molecule has 5 heteroatoms. The maximum absolute atomic E-state index is 12.5. The van der Waals surface area contributed by atoms with E-state index in [1.165, 1.54) is 0 Å². The fraction of sp³-hybridized carbons (Fsp3) is 0.579. The molecule has 3 N–H and O–H groups in total. The van der Waals surface area contributed by atoms with E-state index in [1.807, 2.05) is 46.8 Å². The number of aliphatic hydroxyl groups is 1. The largest absolute Gasteiger partial charge is 0.388 e. The molecule has 0 fully saturated rings. The fourth-order valence-corrected chi connectivity index (χ4v) is 2.44. The van der Waals surface area contributed by atoms with Gasteiger partial charge in [0, 0.05) is 12.1 Å². The van der Waals surface area contributed by atoms with E-state index in [1.54, 1.807) is 12.1 Å². The Hall–Kier alpha value is -1.88. The maximum atomic E-state index is 12.5. The van der Waals surface area contributed by atoms with Gasteiger partial charge in [-0.1, -0.05) is 45.9 Å². The third kappa shape index (κ3) is 5.34. The van der Waals surface area contributed by atoms with Crippen LogP contribution in [0.3, 0.4) is 0 Å². The molecule has 0 radical (unpaired) electrons. The highest BCUT2D eigenvalue weighted by Gasteiger charge is 2.28. The number of nitrogens with one attached hydrogen (secondary N) is 2. The molecule has 0 saturated heterocycles. The molecule has 2 amide bonds. The lowest BCUT2D eigenvalue weighted by Gasteiger charge is -2.28. The number of aryl methyl sites for hydroxylation is 1. The van der Waals surface area contributed by atoms with E-state index < -0.39 is 11.6 Å². The van der Waals surface area contributed by atoms with Crippen LogP contribution in [0.5, 0.6) is 0 Å². The number of carbonyl (C=O) groups is 2. The van der Waals surface area contributed by atoms with E-state index in [2.05, 4.69) is 10.6 Å². The number of carbonyl (C=O) groups excluding carboxylic acids is 2. The lowest BCUT2D eigenvalue weighted by atomic mass is 9.96. The monoisotopic (exact) mass is 334 g/mol. The quantitative estimate of drug-likeness (QED) is 0.683. The van der Waals surface area contributed by atoms with Crippen molar-refractivity contribution >= 4 is 11.8 Å². The van der Waals surface area contributed by atoms with Crippen molar-refractivity contribution in [2.75, 3.05) is 6.54 Å². The Bertz CT molecular complexity index is 565. The van der Waals surface area contributed by atoms with Crippen LogP contribution in [-0.4, -0.2) is 35.1 Å². The average molecular weight is 334 g/mol. The van der Waals surface area contributed by atoms with Crippen molar-refractivity contribution in [2.45, 2.75) is 59.1 Å². The highest BCUT2D eigenvalue weighted by Crippen LogP contribution is 2.14. The smallest absolute Gasteiger partial charge is 0.252 e. The minimum Gasteiger partial charge on any atom is -0.388 e. The van der Waals surface area contributed by atoms with Gasteiger partial charge in [-0.3, -0.25) is 9.59 Å². The summed E-state index contributed by atoms with van der Waals surface area (Å²) in [6, 6.07) is 6.63. The van der Waals surface area contributed by atoms with Gasteiger partial charge in [-0.15, -0.1) is 0 Å². The Morgan fingerprint density at radius 3 is 2.25 bits per heavy atom. The van der Waals surface area contributed by atoms with Crippen molar-refractivity contribution in [3.8, 4) is 0 Å². The van der Waals surface area contributed by atoms with Crippen molar-refractivity contribution in [1.82, 2.24) is 10.6 Å². The van der Waals surface area contributed by atoms with Crippen LogP contribution in [0.2, 0.25) is 0 Å². The second-order valence-electron chi connectivity index (χ2n) is 6.66. The van der Waals surface area contributed by atoms with Crippen LogP contribution in [0.4, 0.5) is 0 Å². The van der Waals surface area contributed by atoms with Crippen molar-refractivity contribution in [3.05, 3.63) is 35.4 Å². The van der Waals surface area contributed by atoms with E-state index in [-0.39, 0.29) is 24.3 Å². The molecule has 0 heterocycles. The topological polar surface area (TPSA) is 78.4 Å². The van der Waals surface area contributed by atoms with Gasteiger partial charge in [0.15, 0.2) is 0 Å². The molecule has 1 unspecified atom stereocenters. The Morgan fingerprint density at radius 1 is 1.17 bits per heavy atom. The van der Waals surface area contributed by atoms with E-state index in [4.69, 9.17) is 0 Å². The van der Waals surface area contributed by atoms with Crippen molar-refractivity contribution < 1.29 is 14.7 Å². The summed E-state index contributed by atoms with van der Waals surface area (Å²) >= 11 is 0. The molecule has 24 heavy (non-hydrogen) atoms. The second-order valence-corrected chi connectivity index (χ2v) is 6.66. The van der Waals surface area contributed by atoms with E-state index in [0.717, 1.165) is 5.56 Å². The normalized spacial score (nSPS) is 12.8. The molecule has 0 aliphatic carbocycles. The molecule has 1 aromatic rings. The minimum atomic E-state index is -0.906. The third-order valence-corrected chi connectivity index (χ3v) is 4.53. The number of benzene rings is 1. The van der Waals surface area contributed by atoms with Gasteiger partial charge in [0.2, 0.25) is 5.91 Å². The number of amides is 2. The van der Waals surface area contributed by atoms with Gasteiger partial charge in [-0.05, 0) is 37.3 Å². The lowest BCUT2D eigenvalue weighted by molar-refractivity contribution is -0.125. The van der Waals surface area contributed by atoms with E-state index in [9.17, 15) is 14.7 Å². The molecule has 0 saturated carbocycles. The first-order chi connectivity index (χ1) is 11.2. The zero-order valence-corrected chi connectivity index (χ0v) is 15.3. The maximum Gasteiger partial charge on any atom is 0.252 e. The molecule has 0 aliphatic heterocycles. The van der Waals surface area contributed by atoms with E-state index >= 15 is 0 Å². The number of hydrogen-bond acceptors (Lipinski definition) is 3. The molecular weight excluding hydrogens is 304 g/mol. The van der Waals surface area contributed by atoms with Crippen LogP contribution in [0.1, 0.15) is 56.5 Å².